The first-order valence-electron chi connectivity index (χ1n) is 6.30. The van der Waals surface area contributed by atoms with E-state index in [0.717, 1.165) is 30.8 Å². The average Bonchev–Trinajstić information content (AvgIpc) is 3.02. The molecule has 1 saturated carbocycles. The number of rotatable bonds is 6. The van der Waals surface area contributed by atoms with Crippen molar-refractivity contribution in [2.24, 2.45) is 0 Å². The van der Waals surface area contributed by atoms with Crippen LogP contribution < -0.4 is 10.6 Å². The van der Waals surface area contributed by atoms with Gasteiger partial charge in [-0.1, -0.05) is 6.92 Å². The molecule has 0 bridgehead atoms. The fourth-order valence-corrected chi connectivity index (χ4v) is 1.61. The van der Waals surface area contributed by atoms with Gasteiger partial charge in [-0.3, -0.25) is 10.1 Å². The van der Waals surface area contributed by atoms with Crippen LogP contribution in [0.15, 0.2) is 16.5 Å². The summed E-state index contributed by atoms with van der Waals surface area (Å²) in [5.41, 5.74) is 0. The Kier molecular flexibility index (Phi) is 3.84. The Morgan fingerprint density at radius 2 is 2.18 bits per heavy atom. The fourth-order valence-electron chi connectivity index (χ4n) is 1.61. The third-order valence-electron chi connectivity index (χ3n) is 2.97. The zero-order chi connectivity index (χ0) is 12.3. The Morgan fingerprint density at radius 1 is 1.47 bits per heavy atom. The fraction of sp³-hybridized carbons (Fsp3) is 0.615. The zero-order valence-corrected chi connectivity index (χ0v) is 10.5. The van der Waals surface area contributed by atoms with E-state index in [1.807, 2.05) is 19.1 Å². The van der Waals surface area contributed by atoms with E-state index in [4.69, 9.17) is 4.42 Å². The largest absolute Gasteiger partial charge is 0.465 e. The lowest BCUT2D eigenvalue weighted by molar-refractivity contribution is -0.122. The topological polar surface area (TPSA) is 54.3 Å². The number of carbonyl (C=O) groups excluding carboxylic acids is 1. The molecule has 0 saturated heterocycles. The zero-order valence-electron chi connectivity index (χ0n) is 10.5. The van der Waals surface area contributed by atoms with Gasteiger partial charge in [0.2, 0.25) is 5.91 Å². The maximum absolute atomic E-state index is 11.7. The number of hydrogen-bond donors (Lipinski definition) is 2. The maximum atomic E-state index is 11.7. The molecule has 17 heavy (non-hydrogen) atoms. The number of carbonyl (C=O) groups is 1. The highest BCUT2D eigenvalue weighted by Gasteiger charge is 2.25. The van der Waals surface area contributed by atoms with E-state index in [9.17, 15) is 4.79 Å². The lowest BCUT2D eigenvalue weighted by atomic mass is 10.3. The quantitative estimate of drug-likeness (QED) is 0.788. The molecule has 2 rings (SSSR count). The second-order valence-electron chi connectivity index (χ2n) is 4.61. The molecule has 1 heterocycles. The molecule has 1 fully saturated rings. The average molecular weight is 236 g/mol. The Bertz CT molecular complexity index is 383. The van der Waals surface area contributed by atoms with E-state index >= 15 is 0 Å². The minimum atomic E-state index is -0.175. The van der Waals surface area contributed by atoms with Crippen molar-refractivity contribution in [1.29, 1.82) is 0 Å². The van der Waals surface area contributed by atoms with Crippen molar-refractivity contribution in [3.63, 3.8) is 0 Å². The van der Waals surface area contributed by atoms with Crippen molar-refractivity contribution in [3.05, 3.63) is 23.7 Å². The lowest BCUT2D eigenvalue weighted by Crippen LogP contribution is -2.42. The Labute approximate surface area is 102 Å². The third-order valence-corrected chi connectivity index (χ3v) is 2.97. The van der Waals surface area contributed by atoms with Crippen LogP contribution in [0.4, 0.5) is 0 Å². The number of aryl methyl sites for hydroxylation is 1. The molecule has 1 aromatic rings. The van der Waals surface area contributed by atoms with Crippen LogP contribution in [-0.2, 0) is 17.8 Å². The molecule has 0 aliphatic heterocycles. The highest BCUT2D eigenvalue weighted by molar-refractivity contribution is 5.81. The summed E-state index contributed by atoms with van der Waals surface area (Å²) in [7, 11) is 0. The van der Waals surface area contributed by atoms with Gasteiger partial charge in [0.1, 0.15) is 11.5 Å². The second-order valence-corrected chi connectivity index (χ2v) is 4.61. The molecule has 94 valence electrons. The summed E-state index contributed by atoms with van der Waals surface area (Å²) in [5.74, 6) is 1.94. The third kappa shape index (κ3) is 3.60. The van der Waals surface area contributed by atoms with Crippen LogP contribution >= 0.6 is 0 Å². The lowest BCUT2D eigenvalue weighted by Gasteiger charge is -2.12. The normalized spacial score (nSPS) is 16.8. The minimum absolute atomic E-state index is 0.0785. The van der Waals surface area contributed by atoms with Gasteiger partial charge in [-0.15, -0.1) is 0 Å². The van der Waals surface area contributed by atoms with Crippen molar-refractivity contribution in [2.75, 3.05) is 0 Å². The van der Waals surface area contributed by atoms with Gasteiger partial charge < -0.3 is 9.73 Å². The predicted molar refractivity (Wildman–Crippen MR) is 65.6 cm³/mol. The van der Waals surface area contributed by atoms with Crippen LogP contribution in [0.5, 0.6) is 0 Å². The van der Waals surface area contributed by atoms with Gasteiger partial charge in [0, 0.05) is 12.5 Å². The van der Waals surface area contributed by atoms with E-state index in [1.165, 1.54) is 0 Å². The maximum Gasteiger partial charge on any atom is 0.237 e. The molecule has 1 aliphatic rings. The number of nitrogens with one attached hydrogen (secondary N) is 2. The van der Waals surface area contributed by atoms with Crippen LogP contribution in [-0.4, -0.2) is 18.0 Å². The highest BCUT2D eigenvalue weighted by Crippen LogP contribution is 2.18. The standard InChI is InChI=1S/C13H20N2O2/c1-3-11-6-7-12(17-11)8-14-9(2)13(16)15-10-4-5-10/h6-7,9-10,14H,3-5,8H2,1-2H3,(H,15,16). The molecule has 0 spiro atoms. The molecular weight excluding hydrogens is 216 g/mol. The van der Waals surface area contributed by atoms with E-state index < -0.39 is 0 Å². The highest BCUT2D eigenvalue weighted by atomic mass is 16.3. The summed E-state index contributed by atoms with van der Waals surface area (Å²) in [6.07, 6.45) is 3.14. The first kappa shape index (κ1) is 12.2. The molecule has 2 N–H and O–H groups in total. The molecule has 1 aromatic heterocycles. The summed E-state index contributed by atoms with van der Waals surface area (Å²) in [5, 5.41) is 6.14. The van der Waals surface area contributed by atoms with Crippen molar-refractivity contribution >= 4 is 5.91 Å². The van der Waals surface area contributed by atoms with Gasteiger partial charge >= 0.3 is 0 Å². The second kappa shape index (κ2) is 5.36. The van der Waals surface area contributed by atoms with Gasteiger partial charge in [-0.05, 0) is 31.9 Å². The van der Waals surface area contributed by atoms with Gasteiger partial charge in [0.05, 0.1) is 12.6 Å². The van der Waals surface area contributed by atoms with Crippen LogP contribution in [0.1, 0.15) is 38.2 Å². The van der Waals surface area contributed by atoms with Crippen LogP contribution in [0.2, 0.25) is 0 Å². The molecule has 1 unspecified atom stereocenters. The van der Waals surface area contributed by atoms with Crippen molar-refractivity contribution in [3.8, 4) is 0 Å². The number of hydrogen-bond acceptors (Lipinski definition) is 3. The molecule has 1 amide bonds. The summed E-state index contributed by atoms with van der Waals surface area (Å²) < 4.78 is 5.56. The summed E-state index contributed by atoms with van der Waals surface area (Å²) in [4.78, 5) is 11.7. The van der Waals surface area contributed by atoms with Crippen molar-refractivity contribution in [1.82, 2.24) is 10.6 Å². The molecule has 4 nitrogen and oxygen atoms in total. The molecular formula is C13H20N2O2. The minimum Gasteiger partial charge on any atom is -0.465 e. The van der Waals surface area contributed by atoms with Gasteiger partial charge in [0.15, 0.2) is 0 Å². The Balaban J connectivity index is 1.74. The van der Waals surface area contributed by atoms with Crippen molar-refractivity contribution in [2.45, 2.75) is 51.7 Å². The van der Waals surface area contributed by atoms with Crippen LogP contribution in [0, 0.1) is 0 Å². The predicted octanol–water partition coefficient (Wildman–Crippen LogP) is 1.60. The Hall–Kier alpha value is -1.29. The molecule has 0 aromatic carbocycles. The van der Waals surface area contributed by atoms with Gasteiger partial charge in [-0.2, -0.15) is 0 Å². The Morgan fingerprint density at radius 3 is 2.76 bits per heavy atom. The van der Waals surface area contributed by atoms with Crippen molar-refractivity contribution < 1.29 is 9.21 Å². The SMILES string of the molecule is CCc1ccc(CNC(C)C(=O)NC2CC2)o1. The number of furan rings is 1. The molecule has 4 heteroatoms. The number of amides is 1. The summed E-state index contributed by atoms with van der Waals surface area (Å²) in [6.45, 7) is 4.53. The van der Waals surface area contributed by atoms with E-state index in [0.29, 0.717) is 12.6 Å². The van der Waals surface area contributed by atoms with Gasteiger partial charge in [0.25, 0.3) is 0 Å². The molecule has 1 aliphatic carbocycles. The van der Waals surface area contributed by atoms with Gasteiger partial charge in [-0.25, -0.2) is 0 Å². The first-order valence-corrected chi connectivity index (χ1v) is 6.30. The monoisotopic (exact) mass is 236 g/mol. The van der Waals surface area contributed by atoms with E-state index in [-0.39, 0.29) is 11.9 Å². The summed E-state index contributed by atoms with van der Waals surface area (Å²) in [6, 6.07) is 4.18. The summed E-state index contributed by atoms with van der Waals surface area (Å²) >= 11 is 0. The smallest absolute Gasteiger partial charge is 0.237 e. The molecule has 0 radical (unpaired) electrons. The van der Waals surface area contributed by atoms with Crippen LogP contribution in [0.25, 0.3) is 0 Å². The first-order chi connectivity index (χ1) is 8.19. The van der Waals surface area contributed by atoms with E-state index in [2.05, 4.69) is 17.6 Å². The molecule has 1 atom stereocenters. The van der Waals surface area contributed by atoms with E-state index in [1.54, 1.807) is 0 Å². The van der Waals surface area contributed by atoms with Crippen LogP contribution in [0.3, 0.4) is 0 Å².